The number of aliphatic hydroxyl groups is 3. The molecular weight excluding hydrogens is 548 g/mol. The van der Waals surface area contributed by atoms with Crippen molar-refractivity contribution in [1.29, 1.82) is 0 Å². The molecule has 6 rings (SSSR count). The molecule has 0 aromatic heterocycles. The SMILES string of the molecule is CC1CCC(CC2=CC=C(c3ccc(O)c4c3C[C@@H]3C[C@@H]5C(N(C)C)C(=O)C(C(N)=O)=C(O)[C@]5(O)C(=O)C3=C4O)C2)CC1. The average molecular weight is 589 g/mol. The van der Waals surface area contributed by atoms with E-state index >= 15 is 0 Å². The summed E-state index contributed by atoms with van der Waals surface area (Å²) in [5, 5.41) is 45.2. The Hall–Kier alpha value is -3.69. The lowest BCUT2D eigenvalue weighted by Crippen LogP contribution is -2.65. The Morgan fingerprint density at radius 2 is 1.77 bits per heavy atom. The van der Waals surface area contributed by atoms with E-state index in [2.05, 4.69) is 19.1 Å². The van der Waals surface area contributed by atoms with E-state index in [1.165, 1.54) is 42.2 Å². The van der Waals surface area contributed by atoms with Crippen LogP contribution in [-0.2, 0) is 20.8 Å². The summed E-state index contributed by atoms with van der Waals surface area (Å²) in [7, 11) is 3.18. The van der Waals surface area contributed by atoms with E-state index in [-0.39, 0.29) is 29.7 Å². The van der Waals surface area contributed by atoms with Gasteiger partial charge in [-0.1, -0.05) is 43.6 Å². The normalized spacial score (nSPS) is 32.3. The van der Waals surface area contributed by atoms with E-state index in [0.717, 1.165) is 29.9 Å². The van der Waals surface area contributed by atoms with Crippen LogP contribution in [0.2, 0.25) is 0 Å². The molecule has 9 heteroatoms. The number of nitrogens with two attached hydrogens (primary N) is 1. The molecule has 5 aliphatic carbocycles. The molecule has 9 nitrogen and oxygen atoms in total. The van der Waals surface area contributed by atoms with Gasteiger partial charge in [0.05, 0.1) is 11.6 Å². The number of Topliss-reactive ketones (excluding diaryl/α,β-unsaturated/α-hetero) is 2. The molecule has 0 saturated heterocycles. The Bertz CT molecular complexity index is 1560. The number of amides is 1. The van der Waals surface area contributed by atoms with Gasteiger partial charge in [0.2, 0.25) is 5.78 Å². The first-order valence-electron chi connectivity index (χ1n) is 15.2. The van der Waals surface area contributed by atoms with E-state index in [1.807, 2.05) is 6.07 Å². The van der Waals surface area contributed by atoms with Gasteiger partial charge in [-0.3, -0.25) is 19.3 Å². The number of benzene rings is 1. The number of phenolic OH excluding ortho intramolecular Hbond substituents is 1. The number of aliphatic hydroxyl groups excluding tert-OH is 2. The lowest BCUT2D eigenvalue weighted by atomic mass is 9.57. The van der Waals surface area contributed by atoms with Crippen molar-refractivity contribution in [3.05, 3.63) is 63.5 Å². The highest BCUT2D eigenvalue weighted by Gasteiger charge is 2.64. The van der Waals surface area contributed by atoms with Gasteiger partial charge in [-0.25, -0.2) is 0 Å². The lowest BCUT2D eigenvalue weighted by Gasteiger charge is -2.50. The lowest BCUT2D eigenvalue weighted by molar-refractivity contribution is -0.153. The van der Waals surface area contributed by atoms with E-state index in [9.17, 15) is 34.8 Å². The van der Waals surface area contributed by atoms with Crippen molar-refractivity contribution in [2.75, 3.05) is 14.1 Å². The number of hydrogen-bond donors (Lipinski definition) is 5. The number of carbonyl (C=O) groups excluding carboxylic acids is 3. The molecule has 2 saturated carbocycles. The molecule has 228 valence electrons. The smallest absolute Gasteiger partial charge is 0.255 e. The Balaban J connectivity index is 1.37. The Kier molecular flexibility index (Phi) is 7.17. The summed E-state index contributed by atoms with van der Waals surface area (Å²) in [5.74, 6) is -4.95. The molecule has 0 bridgehead atoms. The van der Waals surface area contributed by atoms with E-state index in [1.54, 1.807) is 14.1 Å². The molecule has 0 radical (unpaired) electrons. The molecule has 1 amide bonds. The maximum Gasteiger partial charge on any atom is 0.255 e. The maximum atomic E-state index is 14.0. The number of hydrogen-bond acceptors (Lipinski definition) is 8. The van der Waals surface area contributed by atoms with Crippen molar-refractivity contribution in [3.8, 4) is 5.75 Å². The third-order valence-electron chi connectivity index (χ3n) is 10.6. The van der Waals surface area contributed by atoms with Crippen molar-refractivity contribution in [1.82, 2.24) is 4.90 Å². The highest BCUT2D eigenvalue weighted by Crippen LogP contribution is 2.53. The number of ketones is 2. The largest absolute Gasteiger partial charge is 0.508 e. The van der Waals surface area contributed by atoms with E-state index in [4.69, 9.17) is 5.73 Å². The molecule has 43 heavy (non-hydrogen) atoms. The number of nitrogens with zero attached hydrogens (tertiary/aromatic N) is 1. The second-order valence-corrected chi connectivity index (χ2v) is 13.5. The first-order valence-corrected chi connectivity index (χ1v) is 15.2. The van der Waals surface area contributed by atoms with Crippen molar-refractivity contribution >= 4 is 28.8 Å². The van der Waals surface area contributed by atoms with Crippen LogP contribution in [0.15, 0.2) is 46.8 Å². The van der Waals surface area contributed by atoms with E-state index in [0.29, 0.717) is 11.5 Å². The van der Waals surface area contributed by atoms with Crippen molar-refractivity contribution in [2.24, 2.45) is 29.4 Å². The molecule has 0 aliphatic heterocycles. The number of aromatic hydroxyl groups is 1. The van der Waals surface area contributed by atoms with Crippen LogP contribution < -0.4 is 5.73 Å². The van der Waals surface area contributed by atoms with Crippen LogP contribution in [-0.4, -0.2) is 68.5 Å². The van der Waals surface area contributed by atoms with Gasteiger partial charge in [0, 0.05) is 11.5 Å². The highest BCUT2D eigenvalue weighted by molar-refractivity contribution is 6.24. The molecular formula is C34H40N2O7. The zero-order chi connectivity index (χ0) is 31.0. The fourth-order valence-electron chi connectivity index (χ4n) is 8.36. The predicted octanol–water partition coefficient (Wildman–Crippen LogP) is 3.89. The molecule has 2 fully saturated rings. The van der Waals surface area contributed by atoms with Crippen LogP contribution in [0, 0.1) is 23.7 Å². The Morgan fingerprint density at radius 1 is 1.07 bits per heavy atom. The van der Waals surface area contributed by atoms with Crippen LogP contribution in [0.1, 0.15) is 68.6 Å². The van der Waals surface area contributed by atoms with Gasteiger partial charge in [0.25, 0.3) is 5.91 Å². The second kappa shape index (κ2) is 10.5. The summed E-state index contributed by atoms with van der Waals surface area (Å²) in [5.41, 5.74) is 5.99. The summed E-state index contributed by atoms with van der Waals surface area (Å²) in [6, 6.07) is 2.24. The van der Waals surface area contributed by atoms with Crippen LogP contribution in [0.4, 0.5) is 0 Å². The number of likely N-dealkylation sites (N-methyl/N-ethyl adjacent to an activating group) is 1. The zero-order valence-corrected chi connectivity index (χ0v) is 24.9. The van der Waals surface area contributed by atoms with E-state index < -0.39 is 58.0 Å². The average Bonchev–Trinajstić information content (AvgIpc) is 3.40. The van der Waals surface area contributed by atoms with Crippen molar-refractivity contribution < 1.29 is 34.8 Å². The summed E-state index contributed by atoms with van der Waals surface area (Å²) in [4.78, 5) is 41.0. The summed E-state index contributed by atoms with van der Waals surface area (Å²) in [6.45, 7) is 2.32. The molecule has 1 unspecified atom stereocenters. The minimum Gasteiger partial charge on any atom is -0.508 e. The van der Waals surface area contributed by atoms with Crippen LogP contribution in [0.3, 0.4) is 0 Å². The molecule has 0 spiro atoms. The quantitative estimate of drug-likeness (QED) is 0.324. The number of carbonyl (C=O) groups is 3. The molecule has 5 aliphatic rings. The zero-order valence-electron chi connectivity index (χ0n) is 24.9. The third-order valence-corrected chi connectivity index (χ3v) is 10.6. The van der Waals surface area contributed by atoms with Gasteiger partial charge < -0.3 is 26.2 Å². The van der Waals surface area contributed by atoms with Gasteiger partial charge in [-0.05, 0) is 93.1 Å². The van der Waals surface area contributed by atoms with Crippen LogP contribution in [0.5, 0.6) is 5.75 Å². The standard InChI is InChI=1S/C34H40N2O7/c1-16-4-6-17(7-5-16)12-18-8-9-19(13-18)21-10-11-24(37)26-22(21)14-20-15-23-28(36(2)3)30(39)27(33(35)42)32(41)34(23,43)31(40)25(20)29(26)38/h8-11,16-17,20,23,28,37-38,41,43H,4-7,12-15H2,1-3H3,(H2,35,42)/t16?,17?,20-,23-,28?,34-/m1/s1. The monoisotopic (exact) mass is 588 g/mol. The number of phenols is 1. The fraction of sp³-hybridized carbons (Fsp3) is 0.500. The van der Waals surface area contributed by atoms with Gasteiger partial charge in [-0.15, -0.1) is 0 Å². The maximum absolute atomic E-state index is 14.0. The van der Waals surface area contributed by atoms with Gasteiger partial charge in [-0.2, -0.15) is 0 Å². The van der Waals surface area contributed by atoms with Gasteiger partial charge in [0.15, 0.2) is 11.4 Å². The Labute approximate surface area is 251 Å². The van der Waals surface area contributed by atoms with Crippen molar-refractivity contribution in [2.45, 2.75) is 69.9 Å². The number of allylic oxidation sites excluding steroid dienone is 4. The number of primary amides is 1. The van der Waals surface area contributed by atoms with Crippen LogP contribution >= 0.6 is 0 Å². The first-order chi connectivity index (χ1) is 20.3. The number of fused-ring (bicyclic) bond motifs is 3. The second-order valence-electron chi connectivity index (χ2n) is 13.5. The number of rotatable bonds is 5. The Morgan fingerprint density at radius 3 is 2.42 bits per heavy atom. The third kappa shape index (κ3) is 4.47. The molecule has 6 N–H and O–H groups in total. The van der Waals surface area contributed by atoms with Crippen molar-refractivity contribution in [3.63, 3.8) is 0 Å². The van der Waals surface area contributed by atoms with Gasteiger partial charge >= 0.3 is 0 Å². The minimum atomic E-state index is -2.64. The highest BCUT2D eigenvalue weighted by atomic mass is 16.3. The summed E-state index contributed by atoms with van der Waals surface area (Å²) in [6.07, 6.45) is 11.5. The predicted molar refractivity (Wildman–Crippen MR) is 161 cm³/mol. The molecule has 0 heterocycles. The topological polar surface area (TPSA) is 161 Å². The van der Waals surface area contributed by atoms with Crippen LogP contribution in [0.25, 0.3) is 11.3 Å². The molecule has 4 atom stereocenters. The summed E-state index contributed by atoms with van der Waals surface area (Å²) < 4.78 is 0. The molecule has 1 aromatic carbocycles. The van der Waals surface area contributed by atoms with Gasteiger partial charge in [0.1, 0.15) is 22.8 Å². The first kappa shape index (κ1) is 29.4. The molecule has 1 aromatic rings. The fourth-order valence-corrected chi connectivity index (χ4v) is 8.36. The summed E-state index contributed by atoms with van der Waals surface area (Å²) >= 11 is 0. The minimum absolute atomic E-state index is 0.0729.